The standard InChI is InChI=1S/C20H32N2O4S/c1-7-26-13-8-19(23)21-9-11-22(12-10-21)27(24,25)20-17(5)15(3)14(2)16(4)18(20)6/h7-13H2,1-6H3. The summed E-state index contributed by atoms with van der Waals surface area (Å²) in [6.45, 7) is 14.2. The van der Waals surface area contributed by atoms with E-state index in [1.165, 1.54) is 4.31 Å². The zero-order valence-corrected chi connectivity index (χ0v) is 18.2. The molecule has 0 N–H and O–H groups in total. The van der Waals surface area contributed by atoms with Gasteiger partial charge in [0.1, 0.15) is 0 Å². The minimum atomic E-state index is -3.58. The molecule has 152 valence electrons. The SMILES string of the molecule is CCOCCC(=O)N1CCN(S(=O)(=O)c2c(C)c(C)c(C)c(C)c2C)CC1. The van der Waals surface area contributed by atoms with Crippen LogP contribution in [0.2, 0.25) is 0 Å². The van der Waals surface area contributed by atoms with Crippen molar-refractivity contribution in [2.75, 3.05) is 39.4 Å². The number of nitrogens with zero attached hydrogens (tertiary/aromatic N) is 2. The molecule has 1 aromatic carbocycles. The van der Waals surface area contributed by atoms with Crippen molar-refractivity contribution in [3.63, 3.8) is 0 Å². The van der Waals surface area contributed by atoms with Gasteiger partial charge in [0.15, 0.2) is 0 Å². The third-order valence-electron chi connectivity index (χ3n) is 5.78. The van der Waals surface area contributed by atoms with Crippen LogP contribution in [0.25, 0.3) is 0 Å². The predicted molar refractivity (Wildman–Crippen MR) is 107 cm³/mol. The molecule has 0 bridgehead atoms. The van der Waals surface area contributed by atoms with Crippen molar-refractivity contribution in [1.29, 1.82) is 0 Å². The predicted octanol–water partition coefficient (Wildman–Crippen LogP) is 2.49. The number of ether oxygens (including phenoxy) is 1. The van der Waals surface area contributed by atoms with Crippen molar-refractivity contribution < 1.29 is 17.9 Å². The molecule has 0 radical (unpaired) electrons. The van der Waals surface area contributed by atoms with Crippen LogP contribution >= 0.6 is 0 Å². The summed E-state index contributed by atoms with van der Waals surface area (Å²) in [5.74, 6) is 0.0230. The minimum absolute atomic E-state index is 0.0230. The molecular formula is C20H32N2O4S. The maximum atomic E-state index is 13.3. The lowest BCUT2D eigenvalue weighted by molar-refractivity contribution is -0.133. The topological polar surface area (TPSA) is 66.9 Å². The fourth-order valence-electron chi connectivity index (χ4n) is 3.62. The Hall–Kier alpha value is -1.44. The van der Waals surface area contributed by atoms with Crippen LogP contribution in [-0.4, -0.2) is 62.9 Å². The Morgan fingerprint density at radius 3 is 1.85 bits per heavy atom. The second-order valence-corrected chi connectivity index (χ2v) is 9.06. The summed E-state index contributed by atoms with van der Waals surface area (Å²) in [6.07, 6.45) is 0.342. The zero-order chi connectivity index (χ0) is 20.4. The number of carbonyl (C=O) groups excluding carboxylic acids is 1. The van der Waals surface area contributed by atoms with Gasteiger partial charge in [-0.2, -0.15) is 4.31 Å². The summed E-state index contributed by atoms with van der Waals surface area (Å²) in [5, 5.41) is 0. The third kappa shape index (κ3) is 4.36. The van der Waals surface area contributed by atoms with Crippen molar-refractivity contribution in [2.24, 2.45) is 0 Å². The molecule has 1 aliphatic heterocycles. The molecule has 0 saturated carbocycles. The van der Waals surface area contributed by atoms with E-state index in [1.54, 1.807) is 4.90 Å². The van der Waals surface area contributed by atoms with E-state index in [0.29, 0.717) is 50.7 Å². The summed E-state index contributed by atoms with van der Waals surface area (Å²) in [5.41, 5.74) is 4.85. The van der Waals surface area contributed by atoms with Crippen molar-refractivity contribution in [3.8, 4) is 0 Å². The highest BCUT2D eigenvalue weighted by Crippen LogP contribution is 2.31. The van der Waals surface area contributed by atoms with Crippen molar-refractivity contribution in [1.82, 2.24) is 9.21 Å². The molecule has 1 aromatic rings. The largest absolute Gasteiger partial charge is 0.381 e. The first-order valence-electron chi connectivity index (χ1n) is 9.55. The quantitative estimate of drug-likeness (QED) is 0.693. The van der Waals surface area contributed by atoms with E-state index >= 15 is 0 Å². The van der Waals surface area contributed by atoms with Gasteiger partial charge in [0.05, 0.1) is 17.9 Å². The Kier molecular flexibility index (Phi) is 7.05. The summed E-state index contributed by atoms with van der Waals surface area (Å²) < 4.78 is 33.4. The van der Waals surface area contributed by atoms with Crippen molar-refractivity contribution in [3.05, 3.63) is 27.8 Å². The Bertz CT molecular complexity index is 781. The highest BCUT2D eigenvalue weighted by atomic mass is 32.2. The lowest BCUT2D eigenvalue weighted by Gasteiger charge is -2.35. The summed E-state index contributed by atoms with van der Waals surface area (Å²) in [6, 6.07) is 0. The van der Waals surface area contributed by atoms with E-state index in [1.807, 2.05) is 41.5 Å². The molecule has 6 nitrogen and oxygen atoms in total. The second kappa shape index (κ2) is 8.71. The Balaban J connectivity index is 2.18. The summed E-state index contributed by atoms with van der Waals surface area (Å²) >= 11 is 0. The number of amides is 1. The number of hydrogen-bond acceptors (Lipinski definition) is 4. The Morgan fingerprint density at radius 2 is 1.37 bits per heavy atom. The Labute approximate surface area is 163 Å². The van der Waals surface area contributed by atoms with E-state index < -0.39 is 10.0 Å². The van der Waals surface area contributed by atoms with Crippen LogP contribution in [0.3, 0.4) is 0 Å². The maximum Gasteiger partial charge on any atom is 0.243 e. The molecule has 2 rings (SSSR count). The fraction of sp³-hybridized carbons (Fsp3) is 0.650. The average molecular weight is 397 g/mol. The van der Waals surface area contributed by atoms with Crippen LogP contribution in [0.5, 0.6) is 0 Å². The van der Waals surface area contributed by atoms with Crippen LogP contribution in [0, 0.1) is 34.6 Å². The van der Waals surface area contributed by atoms with E-state index in [2.05, 4.69) is 0 Å². The number of sulfonamides is 1. The van der Waals surface area contributed by atoms with Crippen molar-refractivity contribution >= 4 is 15.9 Å². The first-order valence-corrected chi connectivity index (χ1v) is 11.0. The molecule has 27 heavy (non-hydrogen) atoms. The molecule has 0 unspecified atom stereocenters. The normalized spacial score (nSPS) is 16.0. The van der Waals surface area contributed by atoms with Gasteiger partial charge in [0, 0.05) is 32.8 Å². The van der Waals surface area contributed by atoms with Crippen LogP contribution in [0.4, 0.5) is 0 Å². The molecule has 0 aliphatic carbocycles. The molecule has 1 aliphatic rings. The number of carbonyl (C=O) groups is 1. The van der Waals surface area contributed by atoms with Gasteiger partial charge in [0.25, 0.3) is 0 Å². The molecule has 1 heterocycles. The van der Waals surface area contributed by atoms with Crippen LogP contribution in [0.1, 0.15) is 41.2 Å². The van der Waals surface area contributed by atoms with E-state index in [0.717, 1.165) is 27.8 Å². The number of rotatable bonds is 6. The monoisotopic (exact) mass is 396 g/mol. The van der Waals surface area contributed by atoms with Gasteiger partial charge < -0.3 is 9.64 Å². The molecule has 1 fully saturated rings. The fourth-order valence-corrected chi connectivity index (χ4v) is 5.60. The lowest BCUT2D eigenvalue weighted by Crippen LogP contribution is -2.50. The average Bonchev–Trinajstić information content (AvgIpc) is 2.65. The minimum Gasteiger partial charge on any atom is -0.381 e. The van der Waals surface area contributed by atoms with E-state index in [9.17, 15) is 13.2 Å². The van der Waals surface area contributed by atoms with Gasteiger partial charge in [-0.1, -0.05) is 0 Å². The molecule has 0 atom stereocenters. The highest BCUT2D eigenvalue weighted by molar-refractivity contribution is 7.89. The van der Waals surface area contributed by atoms with E-state index in [4.69, 9.17) is 4.74 Å². The molecule has 1 saturated heterocycles. The molecule has 1 amide bonds. The van der Waals surface area contributed by atoms with Crippen LogP contribution < -0.4 is 0 Å². The van der Waals surface area contributed by atoms with Gasteiger partial charge in [-0.15, -0.1) is 0 Å². The first-order chi connectivity index (χ1) is 12.6. The van der Waals surface area contributed by atoms with Crippen LogP contribution in [0.15, 0.2) is 4.90 Å². The van der Waals surface area contributed by atoms with E-state index in [-0.39, 0.29) is 5.91 Å². The smallest absolute Gasteiger partial charge is 0.243 e. The molecule has 0 spiro atoms. The number of benzene rings is 1. The molecular weight excluding hydrogens is 364 g/mol. The van der Waals surface area contributed by atoms with Crippen LogP contribution in [-0.2, 0) is 19.6 Å². The van der Waals surface area contributed by atoms with Gasteiger partial charge in [0.2, 0.25) is 15.9 Å². The number of piperazine rings is 1. The van der Waals surface area contributed by atoms with Crippen molar-refractivity contribution in [2.45, 2.75) is 52.9 Å². The number of hydrogen-bond donors (Lipinski definition) is 0. The summed E-state index contributed by atoms with van der Waals surface area (Å²) in [7, 11) is -3.58. The first kappa shape index (κ1) is 21.9. The summed E-state index contributed by atoms with van der Waals surface area (Å²) in [4.78, 5) is 14.4. The van der Waals surface area contributed by atoms with Gasteiger partial charge >= 0.3 is 0 Å². The Morgan fingerprint density at radius 1 is 0.889 bits per heavy atom. The highest BCUT2D eigenvalue weighted by Gasteiger charge is 2.33. The zero-order valence-electron chi connectivity index (χ0n) is 17.4. The third-order valence-corrected chi connectivity index (χ3v) is 7.96. The maximum absolute atomic E-state index is 13.3. The van der Waals surface area contributed by atoms with Gasteiger partial charge in [-0.05, 0) is 69.4 Å². The second-order valence-electron chi connectivity index (χ2n) is 7.19. The van der Waals surface area contributed by atoms with Gasteiger partial charge in [-0.25, -0.2) is 8.42 Å². The molecule has 7 heteroatoms. The van der Waals surface area contributed by atoms with Gasteiger partial charge in [-0.3, -0.25) is 4.79 Å². The molecule has 0 aromatic heterocycles. The lowest BCUT2D eigenvalue weighted by atomic mass is 9.95.